The van der Waals surface area contributed by atoms with E-state index in [1.807, 2.05) is 18.2 Å². The van der Waals surface area contributed by atoms with Gasteiger partial charge < -0.3 is 10.7 Å². The Hall–Kier alpha value is -1.29. The molecule has 1 aliphatic carbocycles. The van der Waals surface area contributed by atoms with Crippen molar-refractivity contribution in [3.05, 3.63) is 18.2 Å². The Bertz CT molecular complexity index is 313. The smallest absolute Gasteiger partial charge is 0.142 e. The summed E-state index contributed by atoms with van der Waals surface area (Å²) in [5.74, 6) is 7.71. The second-order valence-electron chi connectivity index (χ2n) is 3.71. The van der Waals surface area contributed by atoms with Crippen molar-refractivity contribution in [1.29, 1.82) is 0 Å². The number of nitrogens with two attached hydrogens (primary N) is 1. The van der Waals surface area contributed by atoms with Crippen LogP contribution in [0.5, 0.6) is 0 Å². The molecule has 2 unspecified atom stereocenters. The third-order valence-corrected chi connectivity index (χ3v) is 2.68. The molecule has 1 fully saturated rings. The Labute approximate surface area is 83.9 Å². The molecule has 0 spiro atoms. The number of anilines is 2. The first kappa shape index (κ1) is 9.27. The van der Waals surface area contributed by atoms with E-state index in [4.69, 9.17) is 5.84 Å². The molecular formula is C10H16N4. The minimum absolute atomic E-state index is 0.612. The third kappa shape index (κ3) is 1.96. The average Bonchev–Trinajstić information content (AvgIpc) is 2.97. The van der Waals surface area contributed by atoms with E-state index in [-0.39, 0.29) is 0 Å². The Morgan fingerprint density at radius 3 is 2.93 bits per heavy atom. The highest BCUT2D eigenvalue weighted by molar-refractivity contribution is 5.45. The van der Waals surface area contributed by atoms with E-state index >= 15 is 0 Å². The topological polar surface area (TPSA) is 63.0 Å². The first-order valence-electron chi connectivity index (χ1n) is 5.03. The molecule has 14 heavy (non-hydrogen) atoms. The van der Waals surface area contributed by atoms with Crippen LogP contribution in [0.2, 0.25) is 0 Å². The summed E-state index contributed by atoms with van der Waals surface area (Å²) in [6.07, 6.45) is 2.50. The molecule has 0 radical (unpaired) electrons. The predicted molar refractivity (Wildman–Crippen MR) is 57.9 cm³/mol. The molecule has 4 N–H and O–H groups in total. The van der Waals surface area contributed by atoms with Crippen LogP contribution in [0.25, 0.3) is 0 Å². The van der Waals surface area contributed by atoms with Crippen LogP contribution >= 0.6 is 0 Å². The number of hydrogen-bond acceptors (Lipinski definition) is 4. The van der Waals surface area contributed by atoms with Crippen molar-refractivity contribution in [3.8, 4) is 0 Å². The van der Waals surface area contributed by atoms with Gasteiger partial charge >= 0.3 is 0 Å². The van der Waals surface area contributed by atoms with E-state index in [2.05, 4.69) is 22.7 Å². The molecule has 1 saturated carbocycles. The van der Waals surface area contributed by atoms with Crippen molar-refractivity contribution in [2.75, 3.05) is 10.7 Å². The van der Waals surface area contributed by atoms with Gasteiger partial charge in [0.25, 0.3) is 0 Å². The largest absolute Gasteiger partial charge is 0.367 e. The van der Waals surface area contributed by atoms with Gasteiger partial charge in [-0.25, -0.2) is 10.8 Å². The number of rotatable bonds is 4. The number of nitrogens with one attached hydrogen (secondary N) is 2. The lowest BCUT2D eigenvalue weighted by molar-refractivity contribution is 0.773. The number of pyridine rings is 1. The maximum absolute atomic E-state index is 5.28. The molecule has 1 aliphatic rings. The van der Waals surface area contributed by atoms with Gasteiger partial charge in [0.1, 0.15) is 11.6 Å². The highest BCUT2D eigenvalue weighted by Gasteiger charge is 2.35. The zero-order valence-corrected chi connectivity index (χ0v) is 8.33. The molecule has 1 heterocycles. The average molecular weight is 192 g/mol. The molecule has 76 valence electrons. The fourth-order valence-corrected chi connectivity index (χ4v) is 1.66. The van der Waals surface area contributed by atoms with Crippen molar-refractivity contribution in [3.63, 3.8) is 0 Å². The van der Waals surface area contributed by atoms with Gasteiger partial charge in [-0.3, -0.25) is 0 Å². The maximum Gasteiger partial charge on any atom is 0.142 e. The van der Waals surface area contributed by atoms with Gasteiger partial charge in [-0.15, -0.1) is 0 Å². The summed E-state index contributed by atoms with van der Waals surface area (Å²) in [4.78, 5) is 4.29. The quantitative estimate of drug-likeness (QED) is 0.500. The Morgan fingerprint density at radius 1 is 1.50 bits per heavy atom. The van der Waals surface area contributed by atoms with Crippen LogP contribution in [-0.4, -0.2) is 11.0 Å². The number of hydrogen-bond donors (Lipinski definition) is 3. The molecule has 0 amide bonds. The molecule has 0 saturated heterocycles. The molecule has 4 heteroatoms. The van der Waals surface area contributed by atoms with Crippen molar-refractivity contribution >= 4 is 11.6 Å². The van der Waals surface area contributed by atoms with Gasteiger partial charge in [0, 0.05) is 6.04 Å². The highest BCUT2D eigenvalue weighted by Crippen LogP contribution is 2.35. The molecule has 0 aliphatic heterocycles. The van der Waals surface area contributed by atoms with Crippen molar-refractivity contribution in [1.82, 2.24) is 4.98 Å². The minimum Gasteiger partial charge on any atom is -0.367 e. The lowest BCUT2D eigenvalue weighted by Gasteiger charge is -2.05. The number of nitrogens with zero attached hydrogens (tertiary/aromatic N) is 1. The number of nitrogen functional groups attached to an aromatic ring is 1. The molecule has 4 nitrogen and oxygen atoms in total. The van der Waals surface area contributed by atoms with Crippen LogP contribution in [0.15, 0.2) is 18.2 Å². The monoisotopic (exact) mass is 192 g/mol. The highest BCUT2D eigenvalue weighted by atomic mass is 15.3. The maximum atomic E-state index is 5.28. The first-order chi connectivity index (χ1) is 6.83. The van der Waals surface area contributed by atoms with Crippen molar-refractivity contribution < 1.29 is 0 Å². The summed E-state index contributed by atoms with van der Waals surface area (Å²) >= 11 is 0. The van der Waals surface area contributed by atoms with E-state index in [0.29, 0.717) is 11.9 Å². The fraction of sp³-hybridized carbons (Fsp3) is 0.500. The van der Waals surface area contributed by atoms with Crippen LogP contribution in [-0.2, 0) is 0 Å². The number of aromatic nitrogens is 1. The molecule has 2 atom stereocenters. The summed E-state index contributed by atoms with van der Waals surface area (Å²) in [6, 6.07) is 6.36. The van der Waals surface area contributed by atoms with Gasteiger partial charge in [-0.05, 0) is 24.5 Å². The molecular weight excluding hydrogens is 176 g/mol. The zero-order valence-electron chi connectivity index (χ0n) is 8.33. The van der Waals surface area contributed by atoms with Crippen LogP contribution in [0, 0.1) is 5.92 Å². The summed E-state index contributed by atoms with van der Waals surface area (Å²) in [5, 5.41) is 3.38. The summed E-state index contributed by atoms with van der Waals surface area (Å²) in [5.41, 5.74) is 2.54. The lowest BCUT2D eigenvalue weighted by atomic mass is 10.3. The summed E-state index contributed by atoms with van der Waals surface area (Å²) in [7, 11) is 0. The standard InChI is InChI=1S/C10H16N4/c1-2-7-6-8(7)12-9-4-3-5-10(13-9)14-11/h3-5,7-8H,2,6,11H2,1H3,(H2,12,13,14). The second kappa shape index (κ2) is 3.84. The van der Waals surface area contributed by atoms with Gasteiger partial charge in [0.15, 0.2) is 0 Å². The van der Waals surface area contributed by atoms with Crippen LogP contribution < -0.4 is 16.6 Å². The van der Waals surface area contributed by atoms with Gasteiger partial charge in [-0.1, -0.05) is 19.4 Å². The molecule has 1 aromatic rings. The van der Waals surface area contributed by atoms with Crippen LogP contribution in [0.4, 0.5) is 11.6 Å². The van der Waals surface area contributed by atoms with E-state index < -0.39 is 0 Å². The molecule has 1 aromatic heterocycles. The lowest BCUT2D eigenvalue weighted by Crippen LogP contribution is -2.11. The summed E-state index contributed by atoms with van der Waals surface area (Å²) < 4.78 is 0. The normalized spacial score (nSPS) is 24.4. The number of hydrazine groups is 1. The Morgan fingerprint density at radius 2 is 2.29 bits per heavy atom. The Kier molecular flexibility index (Phi) is 2.54. The van der Waals surface area contributed by atoms with Crippen molar-refractivity contribution in [2.24, 2.45) is 11.8 Å². The SMILES string of the molecule is CCC1CC1Nc1cccc(NN)n1. The van der Waals surface area contributed by atoms with Crippen LogP contribution in [0.1, 0.15) is 19.8 Å². The minimum atomic E-state index is 0.612. The van der Waals surface area contributed by atoms with Crippen LogP contribution in [0.3, 0.4) is 0 Å². The van der Waals surface area contributed by atoms with Gasteiger partial charge in [-0.2, -0.15) is 0 Å². The van der Waals surface area contributed by atoms with Gasteiger partial charge in [0.2, 0.25) is 0 Å². The second-order valence-corrected chi connectivity index (χ2v) is 3.71. The Balaban J connectivity index is 1.96. The zero-order chi connectivity index (χ0) is 9.97. The molecule has 0 aromatic carbocycles. The summed E-state index contributed by atoms with van der Waals surface area (Å²) in [6.45, 7) is 2.22. The predicted octanol–water partition coefficient (Wildman–Crippen LogP) is 1.58. The van der Waals surface area contributed by atoms with Gasteiger partial charge in [0.05, 0.1) is 0 Å². The fourth-order valence-electron chi connectivity index (χ4n) is 1.66. The molecule has 0 bridgehead atoms. The van der Waals surface area contributed by atoms with E-state index in [9.17, 15) is 0 Å². The first-order valence-corrected chi connectivity index (χ1v) is 5.03. The van der Waals surface area contributed by atoms with E-state index in [0.717, 1.165) is 11.7 Å². The molecule has 2 rings (SSSR count). The third-order valence-electron chi connectivity index (χ3n) is 2.68. The van der Waals surface area contributed by atoms with E-state index in [1.165, 1.54) is 12.8 Å². The van der Waals surface area contributed by atoms with E-state index in [1.54, 1.807) is 0 Å². The van der Waals surface area contributed by atoms with Crippen molar-refractivity contribution in [2.45, 2.75) is 25.8 Å².